The highest BCUT2D eigenvalue weighted by molar-refractivity contribution is 5.61. The van der Waals surface area contributed by atoms with Gasteiger partial charge in [-0.2, -0.15) is 0 Å². The van der Waals surface area contributed by atoms with E-state index in [4.69, 9.17) is 0 Å². The van der Waals surface area contributed by atoms with E-state index >= 15 is 0 Å². The van der Waals surface area contributed by atoms with Crippen molar-refractivity contribution in [3.05, 3.63) is 54.4 Å². The average molecular weight is 333 g/mol. The van der Waals surface area contributed by atoms with Gasteiger partial charge in [0.15, 0.2) is 5.82 Å². The van der Waals surface area contributed by atoms with Crippen LogP contribution in [0.15, 0.2) is 48.8 Å². The minimum absolute atomic E-state index is 0.447. The fourth-order valence-corrected chi connectivity index (χ4v) is 3.52. The van der Waals surface area contributed by atoms with Gasteiger partial charge in [-0.25, -0.2) is 4.98 Å². The summed E-state index contributed by atoms with van der Waals surface area (Å²) >= 11 is 0. The van der Waals surface area contributed by atoms with Crippen LogP contribution >= 0.6 is 0 Å². The Labute approximate surface area is 148 Å². The topological polar surface area (TPSA) is 46.8 Å². The van der Waals surface area contributed by atoms with Gasteiger partial charge >= 0.3 is 0 Å². The van der Waals surface area contributed by atoms with E-state index in [1.165, 1.54) is 31.5 Å². The third kappa shape index (κ3) is 3.20. The lowest BCUT2D eigenvalue weighted by atomic mass is 10.0. The van der Waals surface area contributed by atoms with Crippen LogP contribution in [0.4, 0.5) is 0 Å². The van der Waals surface area contributed by atoms with Crippen molar-refractivity contribution in [2.24, 2.45) is 7.05 Å². The van der Waals surface area contributed by atoms with Crippen molar-refractivity contribution in [1.29, 1.82) is 0 Å². The molecule has 0 aliphatic carbocycles. The summed E-state index contributed by atoms with van der Waals surface area (Å²) in [5, 5.41) is 8.79. The van der Waals surface area contributed by atoms with Gasteiger partial charge in [0.25, 0.3) is 0 Å². The van der Waals surface area contributed by atoms with Crippen LogP contribution in [0.2, 0.25) is 0 Å². The van der Waals surface area contributed by atoms with E-state index < -0.39 is 0 Å². The van der Waals surface area contributed by atoms with Crippen LogP contribution < -0.4 is 0 Å². The Kier molecular flexibility index (Phi) is 4.32. The lowest BCUT2D eigenvalue weighted by Gasteiger charge is -2.24. The van der Waals surface area contributed by atoms with Gasteiger partial charge in [0.1, 0.15) is 5.69 Å². The molecule has 1 fully saturated rings. The van der Waals surface area contributed by atoms with E-state index in [9.17, 15) is 0 Å². The molecule has 0 saturated carbocycles. The van der Waals surface area contributed by atoms with Gasteiger partial charge in [-0.05, 0) is 56.6 Å². The first kappa shape index (κ1) is 16.0. The highest BCUT2D eigenvalue weighted by Gasteiger charge is 2.19. The molecule has 4 rings (SSSR count). The van der Waals surface area contributed by atoms with Crippen molar-refractivity contribution in [2.75, 3.05) is 13.1 Å². The molecule has 128 valence electrons. The molecule has 0 bridgehead atoms. The van der Waals surface area contributed by atoms with Crippen molar-refractivity contribution in [1.82, 2.24) is 24.6 Å². The molecule has 3 aromatic rings. The number of aryl methyl sites for hydroxylation is 1. The summed E-state index contributed by atoms with van der Waals surface area (Å²) < 4.78 is 1.95. The van der Waals surface area contributed by atoms with E-state index in [0.717, 1.165) is 22.8 Å². The molecule has 1 aromatic carbocycles. The molecule has 1 aliphatic rings. The van der Waals surface area contributed by atoms with Gasteiger partial charge < -0.3 is 4.57 Å². The Hall–Kier alpha value is -2.53. The first-order chi connectivity index (χ1) is 12.2. The normalized spacial score (nSPS) is 16.2. The molecule has 1 aliphatic heterocycles. The lowest BCUT2D eigenvalue weighted by molar-refractivity contribution is 0.263. The summed E-state index contributed by atoms with van der Waals surface area (Å²) in [6.45, 7) is 4.69. The summed E-state index contributed by atoms with van der Waals surface area (Å²) in [5.41, 5.74) is 4.14. The standard InChI is InChI=1S/C20H23N5/c1-15(25-11-3-4-12-25)16-6-5-7-17(14-16)18-8-9-19(23-22-18)20-21-10-13-24(20)2/h5-10,13-15H,3-4,11-12H2,1-2H3/t15-/m1/s1. The first-order valence-corrected chi connectivity index (χ1v) is 8.88. The second kappa shape index (κ2) is 6.76. The van der Waals surface area contributed by atoms with Crippen LogP contribution in [0.1, 0.15) is 31.4 Å². The van der Waals surface area contributed by atoms with Crippen LogP contribution in [-0.2, 0) is 7.05 Å². The molecule has 0 spiro atoms. The molecule has 5 heteroatoms. The van der Waals surface area contributed by atoms with Crippen molar-refractivity contribution in [3.8, 4) is 22.8 Å². The van der Waals surface area contributed by atoms with E-state index in [1.54, 1.807) is 6.20 Å². The molecule has 0 radical (unpaired) electrons. The van der Waals surface area contributed by atoms with Crippen LogP contribution in [-0.4, -0.2) is 37.7 Å². The van der Waals surface area contributed by atoms with Crippen LogP contribution in [0.3, 0.4) is 0 Å². The minimum atomic E-state index is 0.447. The van der Waals surface area contributed by atoms with Crippen LogP contribution in [0, 0.1) is 0 Å². The number of aromatic nitrogens is 4. The molecule has 25 heavy (non-hydrogen) atoms. The summed E-state index contributed by atoms with van der Waals surface area (Å²) in [6, 6.07) is 13.1. The molecule has 0 N–H and O–H groups in total. The van der Waals surface area contributed by atoms with E-state index in [1.807, 2.05) is 29.9 Å². The molecule has 0 amide bonds. The molecule has 3 heterocycles. The van der Waals surface area contributed by atoms with Crippen molar-refractivity contribution >= 4 is 0 Å². The Morgan fingerprint density at radius 3 is 2.44 bits per heavy atom. The maximum absolute atomic E-state index is 4.43. The van der Waals surface area contributed by atoms with E-state index in [2.05, 4.69) is 51.3 Å². The van der Waals surface area contributed by atoms with Gasteiger partial charge in [0, 0.05) is 31.0 Å². The fourth-order valence-electron chi connectivity index (χ4n) is 3.52. The Morgan fingerprint density at radius 1 is 1.00 bits per heavy atom. The zero-order valence-corrected chi connectivity index (χ0v) is 14.8. The highest BCUT2D eigenvalue weighted by Crippen LogP contribution is 2.28. The molecule has 2 aromatic heterocycles. The Morgan fingerprint density at radius 2 is 1.76 bits per heavy atom. The van der Waals surface area contributed by atoms with Gasteiger partial charge in [0.05, 0.1) is 5.69 Å². The van der Waals surface area contributed by atoms with Crippen LogP contribution in [0.5, 0.6) is 0 Å². The second-order valence-electron chi connectivity index (χ2n) is 6.71. The number of likely N-dealkylation sites (tertiary alicyclic amines) is 1. The average Bonchev–Trinajstić information content (AvgIpc) is 3.33. The maximum atomic E-state index is 4.43. The molecular formula is C20H23N5. The number of nitrogens with zero attached hydrogens (tertiary/aromatic N) is 5. The highest BCUT2D eigenvalue weighted by atomic mass is 15.2. The van der Waals surface area contributed by atoms with Crippen molar-refractivity contribution < 1.29 is 0 Å². The van der Waals surface area contributed by atoms with Gasteiger partial charge in [-0.1, -0.05) is 18.2 Å². The van der Waals surface area contributed by atoms with E-state index in [-0.39, 0.29) is 0 Å². The second-order valence-corrected chi connectivity index (χ2v) is 6.71. The van der Waals surface area contributed by atoms with Crippen molar-refractivity contribution in [3.63, 3.8) is 0 Å². The zero-order valence-electron chi connectivity index (χ0n) is 14.8. The predicted molar refractivity (Wildman–Crippen MR) is 98.9 cm³/mol. The summed E-state index contributed by atoms with van der Waals surface area (Å²) in [5.74, 6) is 0.829. The quantitative estimate of drug-likeness (QED) is 0.730. The molecular weight excluding hydrogens is 310 g/mol. The van der Waals surface area contributed by atoms with Gasteiger partial charge in [-0.15, -0.1) is 10.2 Å². The Balaban J connectivity index is 1.59. The number of rotatable bonds is 4. The largest absolute Gasteiger partial charge is 0.333 e. The third-order valence-electron chi connectivity index (χ3n) is 5.07. The number of hydrogen-bond donors (Lipinski definition) is 0. The summed E-state index contributed by atoms with van der Waals surface area (Å²) in [7, 11) is 1.96. The minimum Gasteiger partial charge on any atom is -0.333 e. The first-order valence-electron chi connectivity index (χ1n) is 8.88. The number of hydrogen-bond acceptors (Lipinski definition) is 4. The molecule has 5 nitrogen and oxygen atoms in total. The lowest BCUT2D eigenvalue weighted by Crippen LogP contribution is -2.23. The summed E-state index contributed by atoms with van der Waals surface area (Å²) in [4.78, 5) is 6.88. The predicted octanol–water partition coefficient (Wildman–Crippen LogP) is 3.70. The molecule has 0 unspecified atom stereocenters. The summed E-state index contributed by atoms with van der Waals surface area (Å²) in [6.07, 6.45) is 6.30. The molecule has 1 saturated heterocycles. The molecule has 1 atom stereocenters. The SMILES string of the molecule is C[C@H](c1cccc(-c2ccc(-c3nccn3C)nn2)c1)N1CCCC1. The van der Waals surface area contributed by atoms with E-state index in [0.29, 0.717) is 6.04 Å². The zero-order chi connectivity index (χ0) is 17.2. The maximum Gasteiger partial charge on any atom is 0.160 e. The van der Waals surface area contributed by atoms with Crippen molar-refractivity contribution in [2.45, 2.75) is 25.8 Å². The number of benzene rings is 1. The number of imidazole rings is 1. The van der Waals surface area contributed by atoms with Crippen LogP contribution in [0.25, 0.3) is 22.8 Å². The third-order valence-corrected chi connectivity index (χ3v) is 5.07. The van der Waals surface area contributed by atoms with Gasteiger partial charge in [0.2, 0.25) is 0 Å². The Bertz CT molecular complexity index is 847. The monoisotopic (exact) mass is 333 g/mol. The fraction of sp³-hybridized carbons (Fsp3) is 0.350. The van der Waals surface area contributed by atoms with Gasteiger partial charge in [-0.3, -0.25) is 4.90 Å². The smallest absolute Gasteiger partial charge is 0.160 e.